The zero-order chi connectivity index (χ0) is 10.3. The van der Waals surface area contributed by atoms with E-state index in [-0.39, 0.29) is 23.0 Å². The van der Waals surface area contributed by atoms with Crippen molar-refractivity contribution in [2.75, 3.05) is 0 Å². The second-order valence-corrected chi connectivity index (χ2v) is 4.82. The maximum Gasteiger partial charge on any atom is 0.306 e. The summed E-state index contributed by atoms with van der Waals surface area (Å²) >= 11 is 0. The number of fused-ring (bicyclic) bond motifs is 1. The Morgan fingerprint density at radius 3 is 2.86 bits per heavy atom. The first-order chi connectivity index (χ1) is 6.55. The Balaban J connectivity index is 2.28. The van der Waals surface area contributed by atoms with Gasteiger partial charge in [-0.15, -0.1) is 0 Å². The molecule has 0 saturated heterocycles. The van der Waals surface area contributed by atoms with E-state index in [2.05, 4.69) is 0 Å². The first kappa shape index (κ1) is 9.69. The summed E-state index contributed by atoms with van der Waals surface area (Å²) in [4.78, 5) is 22.7. The van der Waals surface area contributed by atoms with Crippen LogP contribution in [0.1, 0.15) is 39.0 Å². The molecule has 0 aliphatic heterocycles. The molecule has 0 aromatic rings. The molecule has 0 aromatic heterocycles. The maximum atomic E-state index is 11.7. The fraction of sp³-hybridized carbons (Fsp3) is 0.818. The number of carboxylic acid groups (broad SMARTS) is 1. The van der Waals surface area contributed by atoms with Gasteiger partial charge in [-0.1, -0.05) is 13.3 Å². The van der Waals surface area contributed by atoms with E-state index in [1.54, 1.807) is 0 Å². The summed E-state index contributed by atoms with van der Waals surface area (Å²) in [5.41, 5.74) is -0.318. The van der Waals surface area contributed by atoms with Gasteiger partial charge >= 0.3 is 5.97 Å². The molecule has 3 heteroatoms. The van der Waals surface area contributed by atoms with E-state index in [4.69, 9.17) is 5.11 Å². The van der Waals surface area contributed by atoms with Crippen LogP contribution >= 0.6 is 0 Å². The van der Waals surface area contributed by atoms with Crippen molar-refractivity contribution in [3.05, 3.63) is 0 Å². The van der Waals surface area contributed by atoms with Gasteiger partial charge in [-0.2, -0.15) is 0 Å². The van der Waals surface area contributed by atoms with E-state index in [9.17, 15) is 9.59 Å². The largest absolute Gasteiger partial charge is 0.481 e. The van der Waals surface area contributed by atoms with Crippen molar-refractivity contribution in [3.8, 4) is 0 Å². The normalized spacial score (nSPS) is 42.2. The van der Waals surface area contributed by atoms with Gasteiger partial charge in [-0.25, -0.2) is 0 Å². The van der Waals surface area contributed by atoms with Crippen LogP contribution in [0.3, 0.4) is 0 Å². The average Bonchev–Trinajstić information content (AvgIpc) is 2.42. The highest BCUT2D eigenvalue weighted by molar-refractivity contribution is 5.88. The molecule has 2 saturated carbocycles. The first-order valence-corrected chi connectivity index (χ1v) is 5.32. The molecule has 0 unspecified atom stereocenters. The molecule has 78 valence electrons. The van der Waals surface area contributed by atoms with E-state index in [0.717, 1.165) is 25.7 Å². The molecule has 1 N–H and O–H groups in total. The molecular formula is C11H16O3. The number of carbonyl (C=O) groups is 2. The van der Waals surface area contributed by atoms with Crippen LogP contribution in [0.15, 0.2) is 0 Å². The summed E-state index contributed by atoms with van der Waals surface area (Å²) in [6.07, 6.45) is 3.90. The topological polar surface area (TPSA) is 54.4 Å². The summed E-state index contributed by atoms with van der Waals surface area (Å²) in [5.74, 6) is -0.606. The van der Waals surface area contributed by atoms with Crippen LogP contribution in [0, 0.1) is 17.3 Å². The molecule has 0 amide bonds. The Bertz CT molecular complexity index is 284. The van der Waals surface area contributed by atoms with Crippen molar-refractivity contribution in [2.24, 2.45) is 17.3 Å². The van der Waals surface area contributed by atoms with Gasteiger partial charge in [0.2, 0.25) is 0 Å². The number of carboxylic acids is 1. The zero-order valence-corrected chi connectivity index (χ0v) is 8.45. The predicted molar refractivity (Wildman–Crippen MR) is 50.8 cm³/mol. The van der Waals surface area contributed by atoms with Crippen LogP contribution in [0.2, 0.25) is 0 Å². The fourth-order valence-corrected chi connectivity index (χ4v) is 3.25. The van der Waals surface area contributed by atoms with E-state index in [1.165, 1.54) is 0 Å². The standard InChI is InChI=1S/C11H16O3/c1-11-6-2-3-7(10(13)14)8(11)4-5-9(11)12/h7-8H,2-6H2,1H3,(H,13,14)/t7-,8+,11+/m0/s1. The molecule has 2 rings (SSSR count). The van der Waals surface area contributed by atoms with Gasteiger partial charge in [0.05, 0.1) is 5.92 Å². The van der Waals surface area contributed by atoms with Crippen LogP contribution in [0.5, 0.6) is 0 Å². The number of hydrogen-bond donors (Lipinski definition) is 1. The smallest absolute Gasteiger partial charge is 0.306 e. The molecule has 14 heavy (non-hydrogen) atoms. The number of carbonyl (C=O) groups excluding carboxylic acids is 1. The molecule has 0 heterocycles. The van der Waals surface area contributed by atoms with Crippen LogP contribution in [0.25, 0.3) is 0 Å². The van der Waals surface area contributed by atoms with Gasteiger partial charge in [0, 0.05) is 11.8 Å². The Morgan fingerprint density at radius 2 is 2.21 bits per heavy atom. The van der Waals surface area contributed by atoms with Crippen LogP contribution in [-0.4, -0.2) is 16.9 Å². The molecule has 0 bridgehead atoms. The predicted octanol–water partition coefficient (Wildman–Crippen LogP) is 1.86. The minimum atomic E-state index is -0.712. The lowest BCUT2D eigenvalue weighted by Gasteiger charge is -2.38. The van der Waals surface area contributed by atoms with Crippen molar-refractivity contribution < 1.29 is 14.7 Å². The molecule has 0 aromatic carbocycles. The number of rotatable bonds is 1. The fourth-order valence-electron chi connectivity index (χ4n) is 3.25. The lowest BCUT2D eigenvalue weighted by atomic mass is 9.64. The first-order valence-electron chi connectivity index (χ1n) is 5.32. The Morgan fingerprint density at radius 1 is 1.50 bits per heavy atom. The third-order valence-electron chi connectivity index (χ3n) is 4.15. The summed E-state index contributed by atoms with van der Waals surface area (Å²) < 4.78 is 0. The number of hydrogen-bond acceptors (Lipinski definition) is 2. The lowest BCUT2D eigenvalue weighted by Crippen LogP contribution is -2.40. The quantitative estimate of drug-likeness (QED) is 0.696. The Labute approximate surface area is 83.5 Å². The molecule has 2 fully saturated rings. The van der Waals surface area contributed by atoms with Crippen molar-refractivity contribution in [2.45, 2.75) is 39.0 Å². The molecule has 0 radical (unpaired) electrons. The SMILES string of the molecule is C[C@@]12CCC[C@H](C(=O)O)[C@H]1CCC2=O. The second-order valence-electron chi connectivity index (χ2n) is 4.82. The minimum Gasteiger partial charge on any atom is -0.481 e. The van der Waals surface area contributed by atoms with E-state index >= 15 is 0 Å². The van der Waals surface area contributed by atoms with Crippen molar-refractivity contribution in [1.29, 1.82) is 0 Å². The second kappa shape index (κ2) is 3.07. The highest BCUT2D eigenvalue weighted by Crippen LogP contribution is 2.52. The molecule has 2 aliphatic rings. The number of Topliss-reactive ketones (excluding diaryl/α,β-unsaturated/α-hetero) is 1. The van der Waals surface area contributed by atoms with Crippen LogP contribution < -0.4 is 0 Å². The van der Waals surface area contributed by atoms with Gasteiger partial charge in [0.1, 0.15) is 5.78 Å². The van der Waals surface area contributed by atoms with Gasteiger partial charge < -0.3 is 5.11 Å². The molecule has 3 nitrogen and oxygen atoms in total. The lowest BCUT2D eigenvalue weighted by molar-refractivity contribution is -0.148. The molecule has 3 atom stereocenters. The van der Waals surface area contributed by atoms with Crippen molar-refractivity contribution in [3.63, 3.8) is 0 Å². The highest BCUT2D eigenvalue weighted by atomic mass is 16.4. The molecule has 0 spiro atoms. The van der Waals surface area contributed by atoms with Crippen molar-refractivity contribution >= 4 is 11.8 Å². The third-order valence-corrected chi connectivity index (χ3v) is 4.15. The summed E-state index contributed by atoms with van der Waals surface area (Å²) in [7, 11) is 0. The summed E-state index contributed by atoms with van der Waals surface area (Å²) in [5, 5.41) is 9.07. The monoisotopic (exact) mass is 196 g/mol. The van der Waals surface area contributed by atoms with E-state index in [1.807, 2.05) is 6.92 Å². The summed E-state index contributed by atoms with van der Waals surface area (Å²) in [6, 6.07) is 0. The summed E-state index contributed by atoms with van der Waals surface area (Å²) in [6.45, 7) is 1.96. The van der Waals surface area contributed by atoms with Crippen LogP contribution in [0.4, 0.5) is 0 Å². The Hall–Kier alpha value is -0.860. The van der Waals surface area contributed by atoms with Gasteiger partial charge in [0.25, 0.3) is 0 Å². The Kier molecular flexibility index (Phi) is 2.13. The number of ketones is 1. The average molecular weight is 196 g/mol. The van der Waals surface area contributed by atoms with Gasteiger partial charge in [0.15, 0.2) is 0 Å². The van der Waals surface area contributed by atoms with E-state index in [0.29, 0.717) is 6.42 Å². The zero-order valence-electron chi connectivity index (χ0n) is 8.45. The molecule has 2 aliphatic carbocycles. The number of aliphatic carboxylic acids is 1. The minimum absolute atomic E-state index is 0.0984. The van der Waals surface area contributed by atoms with Gasteiger partial charge in [-0.3, -0.25) is 9.59 Å². The highest BCUT2D eigenvalue weighted by Gasteiger charge is 2.52. The van der Waals surface area contributed by atoms with Gasteiger partial charge in [-0.05, 0) is 25.2 Å². The molecular weight excluding hydrogens is 180 g/mol. The third kappa shape index (κ3) is 1.18. The maximum absolute atomic E-state index is 11.7. The van der Waals surface area contributed by atoms with Crippen LogP contribution in [-0.2, 0) is 9.59 Å². The van der Waals surface area contributed by atoms with Crippen molar-refractivity contribution in [1.82, 2.24) is 0 Å². The van der Waals surface area contributed by atoms with E-state index < -0.39 is 5.97 Å².